The third-order valence-electron chi connectivity index (χ3n) is 4.37. The van der Waals surface area contributed by atoms with Gasteiger partial charge >= 0.3 is 5.97 Å². The molecule has 150 valence electrons. The number of benzene rings is 2. The Hall–Kier alpha value is -3.52. The molecule has 1 aliphatic heterocycles. The van der Waals surface area contributed by atoms with Gasteiger partial charge in [-0.05, 0) is 61.5 Å². The summed E-state index contributed by atoms with van der Waals surface area (Å²) in [6.45, 7) is 2.04. The van der Waals surface area contributed by atoms with Crippen LogP contribution in [0.4, 0.5) is 22.9 Å². The molecule has 3 aromatic rings. The lowest BCUT2D eigenvalue weighted by atomic mass is 10.1. The van der Waals surface area contributed by atoms with Gasteiger partial charge in [0.2, 0.25) is 0 Å². The first-order valence-electron chi connectivity index (χ1n) is 9.24. The molecule has 1 aromatic heterocycles. The van der Waals surface area contributed by atoms with Gasteiger partial charge in [-0.1, -0.05) is 15.9 Å². The third kappa shape index (κ3) is 4.08. The van der Waals surface area contributed by atoms with Crippen LogP contribution in [0.1, 0.15) is 22.8 Å². The van der Waals surface area contributed by atoms with Crippen molar-refractivity contribution in [3.05, 3.63) is 76.4 Å². The van der Waals surface area contributed by atoms with Crippen LogP contribution in [0.15, 0.2) is 70.3 Å². The number of aromatic nitrogens is 1. The molecule has 0 atom stereocenters. The van der Waals surface area contributed by atoms with Crippen molar-refractivity contribution in [3.8, 4) is 0 Å². The van der Waals surface area contributed by atoms with Gasteiger partial charge in [0.05, 0.1) is 18.0 Å². The van der Waals surface area contributed by atoms with Gasteiger partial charge in [0, 0.05) is 21.9 Å². The van der Waals surface area contributed by atoms with Crippen LogP contribution in [0.25, 0.3) is 0 Å². The molecule has 0 saturated carbocycles. The second kappa shape index (κ2) is 8.46. The second-order valence-electron chi connectivity index (χ2n) is 6.40. The monoisotopic (exact) mass is 464 g/mol. The van der Waals surface area contributed by atoms with Crippen molar-refractivity contribution in [1.82, 2.24) is 4.98 Å². The van der Waals surface area contributed by atoms with Gasteiger partial charge in [0.25, 0.3) is 5.91 Å². The molecule has 2 heterocycles. The minimum Gasteiger partial charge on any atom is -0.462 e. The largest absolute Gasteiger partial charge is 0.462 e. The molecule has 0 fully saturated rings. The van der Waals surface area contributed by atoms with Crippen LogP contribution in [0, 0.1) is 0 Å². The van der Waals surface area contributed by atoms with Gasteiger partial charge < -0.3 is 15.4 Å². The number of carbonyl (C=O) groups excluding carboxylic acids is 2. The van der Waals surface area contributed by atoms with E-state index in [1.54, 1.807) is 49.5 Å². The molecule has 4 rings (SSSR count). The van der Waals surface area contributed by atoms with Gasteiger partial charge in [0.15, 0.2) is 0 Å². The van der Waals surface area contributed by atoms with Crippen molar-refractivity contribution in [2.24, 2.45) is 4.99 Å². The number of pyridine rings is 1. The van der Waals surface area contributed by atoms with E-state index in [1.807, 2.05) is 18.2 Å². The van der Waals surface area contributed by atoms with E-state index in [0.717, 1.165) is 21.4 Å². The smallest absolute Gasteiger partial charge is 0.341 e. The normalized spacial score (nSPS) is 13.7. The minimum atomic E-state index is -0.437. The van der Waals surface area contributed by atoms with Crippen molar-refractivity contribution in [3.63, 3.8) is 0 Å². The van der Waals surface area contributed by atoms with E-state index in [0.29, 0.717) is 22.8 Å². The molecule has 0 aliphatic carbocycles. The maximum atomic E-state index is 12.3. The van der Waals surface area contributed by atoms with E-state index >= 15 is 0 Å². The molecule has 1 amide bonds. The summed E-state index contributed by atoms with van der Waals surface area (Å²) in [5, 5.41) is 5.93. The van der Waals surface area contributed by atoms with E-state index in [9.17, 15) is 9.59 Å². The molecule has 0 bridgehead atoms. The van der Waals surface area contributed by atoms with E-state index in [-0.39, 0.29) is 12.5 Å². The van der Waals surface area contributed by atoms with Gasteiger partial charge in [-0.3, -0.25) is 4.79 Å². The highest BCUT2D eigenvalue weighted by atomic mass is 79.9. The number of fused-ring (bicyclic) bond motifs is 1. The van der Waals surface area contributed by atoms with Crippen LogP contribution in [0.2, 0.25) is 0 Å². The molecule has 0 radical (unpaired) electrons. The standard InChI is InChI=1S/C22H17BrN4O3/c1-2-30-22(29)16-4-3-11-24-20(16)26-15-8-6-14(7-9-15)25-19-17-12-13(23)5-10-18(17)27-21(19)28/h3-12H,2H2,1H3,(H,24,26)(H,25,27,28). The molecule has 2 aromatic carbocycles. The Labute approximate surface area is 181 Å². The Morgan fingerprint density at radius 2 is 2.00 bits per heavy atom. The van der Waals surface area contributed by atoms with Gasteiger partial charge in [-0.25, -0.2) is 14.8 Å². The van der Waals surface area contributed by atoms with E-state index in [1.165, 1.54) is 0 Å². The first-order chi connectivity index (χ1) is 14.5. The van der Waals surface area contributed by atoms with E-state index in [4.69, 9.17) is 4.74 Å². The number of anilines is 3. The molecule has 8 heteroatoms. The predicted octanol–water partition coefficient (Wildman–Crippen LogP) is 4.84. The Kier molecular flexibility index (Phi) is 5.58. The van der Waals surface area contributed by atoms with Crippen LogP contribution in [-0.2, 0) is 9.53 Å². The summed E-state index contributed by atoms with van der Waals surface area (Å²) in [5.74, 6) is -0.269. The maximum Gasteiger partial charge on any atom is 0.341 e. The lowest BCUT2D eigenvalue weighted by Gasteiger charge is -2.10. The van der Waals surface area contributed by atoms with Crippen molar-refractivity contribution >= 4 is 56.4 Å². The minimum absolute atomic E-state index is 0.238. The molecule has 30 heavy (non-hydrogen) atoms. The Balaban J connectivity index is 1.57. The van der Waals surface area contributed by atoms with E-state index < -0.39 is 5.97 Å². The average molecular weight is 465 g/mol. The number of rotatable bonds is 5. The average Bonchev–Trinajstić information content (AvgIpc) is 3.04. The molecule has 0 saturated heterocycles. The number of amides is 1. The highest BCUT2D eigenvalue weighted by Gasteiger charge is 2.26. The zero-order valence-electron chi connectivity index (χ0n) is 16.0. The maximum absolute atomic E-state index is 12.3. The Morgan fingerprint density at radius 1 is 1.20 bits per heavy atom. The summed E-state index contributed by atoms with van der Waals surface area (Å²) in [7, 11) is 0. The Bertz CT molecular complexity index is 1160. The molecule has 0 unspecified atom stereocenters. The highest BCUT2D eigenvalue weighted by molar-refractivity contribution is 9.10. The first-order valence-corrected chi connectivity index (χ1v) is 10.0. The number of hydrogen-bond donors (Lipinski definition) is 2. The molecule has 7 nitrogen and oxygen atoms in total. The van der Waals surface area contributed by atoms with Crippen LogP contribution in [-0.4, -0.2) is 29.2 Å². The lowest BCUT2D eigenvalue weighted by molar-refractivity contribution is -0.110. The predicted molar refractivity (Wildman–Crippen MR) is 119 cm³/mol. The first kappa shape index (κ1) is 19.8. The zero-order valence-corrected chi connectivity index (χ0v) is 17.6. The van der Waals surface area contributed by atoms with Crippen molar-refractivity contribution < 1.29 is 14.3 Å². The molecule has 2 N–H and O–H groups in total. The number of carbonyl (C=O) groups is 2. The number of hydrogen-bond acceptors (Lipinski definition) is 6. The molecular weight excluding hydrogens is 448 g/mol. The SMILES string of the molecule is CCOC(=O)c1cccnc1Nc1ccc(N=C2C(=O)Nc3ccc(Br)cc32)cc1. The number of aliphatic imine (C=N–C) groups is 1. The molecular formula is C22H17BrN4O3. The van der Waals surface area contributed by atoms with Crippen LogP contribution >= 0.6 is 15.9 Å². The quantitative estimate of drug-likeness (QED) is 0.527. The van der Waals surface area contributed by atoms with Crippen molar-refractivity contribution in [1.29, 1.82) is 0 Å². The number of ether oxygens (including phenoxy) is 1. The van der Waals surface area contributed by atoms with Crippen LogP contribution in [0.3, 0.4) is 0 Å². The fourth-order valence-electron chi connectivity index (χ4n) is 3.00. The number of esters is 1. The second-order valence-corrected chi connectivity index (χ2v) is 7.31. The van der Waals surface area contributed by atoms with Gasteiger partial charge in [0.1, 0.15) is 17.1 Å². The summed E-state index contributed by atoms with van der Waals surface area (Å²) in [6.07, 6.45) is 1.60. The van der Waals surface area contributed by atoms with Crippen molar-refractivity contribution in [2.75, 3.05) is 17.2 Å². The fraction of sp³-hybridized carbons (Fsp3) is 0.0909. The lowest BCUT2D eigenvalue weighted by Crippen LogP contribution is -2.13. The van der Waals surface area contributed by atoms with E-state index in [2.05, 4.69) is 36.5 Å². The summed E-state index contributed by atoms with van der Waals surface area (Å²) < 4.78 is 5.94. The Morgan fingerprint density at radius 3 is 2.77 bits per heavy atom. The summed E-state index contributed by atoms with van der Waals surface area (Å²) in [6, 6.07) is 16.1. The third-order valence-corrected chi connectivity index (χ3v) is 4.87. The number of halogens is 1. The summed E-state index contributed by atoms with van der Waals surface area (Å²) in [4.78, 5) is 33.1. The summed E-state index contributed by atoms with van der Waals surface area (Å²) >= 11 is 3.42. The fourth-order valence-corrected chi connectivity index (χ4v) is 3.36. The van der Waals surface area contributed by atoms with Crippen LogP contribution < -0.4 is 10.6 Å². The molecule has 0 spiro atoms. The number of nitrogens with one attached hydrogen (secondary N) is 2. The highest BCUT2D eigenvalue weighted by Crippen LogP contribution is 2.29. The number of nitrogens with zero attached hydrogens (tertiary/aromatic N) is 2. The zero-order chi connectivity index (χ0) is 21.1. The summed E-state index contributed by atoms with van der Waals surface area (Å²) in [5.41, 5.74) is 3.56. The van der Waals surface area contributed by atoms with Crippen molar-refractivity contribution in [2.45, 2.75) is 6.92 Å². The van der Waals surface area contributed by atoms with Gasteiger partial charge in [-0.15, -0.1) is 0 Å². The van der Waals surface area contributed by atoms with Crippen LogP contribution in [0.5, 0.6) is 0 Å². The molecule has 1 aliphatic rings. The topological polar surface area (TPSA) is 92.7 Å². The van der Waals surface area contributed by atoms with Gasteiger partial charge in [-0.2, -0.15) is 0 Å².